The number of sulfone groups is 2. The minimum Gasteiger partial charge on any atom is -0.379 e. The van der Waals surface area contributed by atoms with Crippen molar-refractivity contribution >= 4 is 52.3 Å². The number of carbonyl (C=O) groups excluding carboxylic acids is 1. The Bertz CT molecular complexity index is 1440. The number of nitrogens with zero attached hydrogens (tertiary/aromatic N) is 3. The van der Waals surface area contributed by atoms with E-state index in [1.54, 1.807) is 36.1 Å². The molecule has 2 aromatic carbocycles. The van der Waals surface area contributed by atoms with Gasteiger partial charge in [-0.15, -0.1) is 0 Å². The van der Waals surface area contributed by atoms with E-state index in [2.05, 4.69) is 9.88 Å². The maximum Gasteiger partial charge on any atom is 0.233 e. The van der Waals surface area contributed by atoms with Gasteiger partial charge in [0.15, 0.2) is 24.8 Å². The van der Waals surface area contributed by atoms with Gasteiger partial charge in [0.1, 0.15) is 5.52 Å². The quantitative estimate of drug-likeness (QED) is 0.398. The van der Waals surface area contributed by atoms with E-state index in [0.717, 1.165) is 19.3 Å². The number of aromatic nitrogens is 1. The molecule has 1 fully saturated rings. The summed E-state index contributed by atoms with van der Waals surface area (Å²) in [7, 11) is -6.81. The summed E-state index contributed by atoms with van der Waals surface area (Å²) >= 11 is 1.28. The Morgan fingerprint density at radius 2 is 1.78 bits per heavy atom. The minimum atomic E-state index is -3.49. The molecule has 0 unspecified atom stereocenters. The average molecular weight is 552 g/mol. The van der Waals surface area contributed by atoms with Crippen LogP contribution in [0.2, 0.25) is 0 Å². The molecule has 0 aliphatic carbocycles. The molecule has 1 aliphatic rings. The Labute approximate surface area is 215 Å². The lowest BCUT2D eigenvalue weighted by molar-refractivity contribution is -0.118. The van der Waals surface area contributed by atoms with Gasteiger partial charge in [0.05, 0.1) is 39.9 Å². The first-order chi connectivity index (χ1) is 17.1. The van der Waals surface area contributed by atoms with E-state index >= 15 is 0 Å². The largest absolute Gasteiger partial charge is 0.379 e. The molecule has 9 nitrogen and oxygen atoms in total. The van der Waals surface area contributed by atoms with Gasteiger partial charge in [0.2, 0.25) is 5.91 Å². The third kappa shape index (κ3) is 6.12. The summed E-state index contributed by atoms with van der Waals surface area (Å²) in [4.78, 5) is 22.3. The third-order valence-corrected chi connectivity index (χ3v) is 9.99. The van der Waals surface area contributed by atoms with Crippen LogP contribution in [0.1, 0.15) is 12.5 Å². The first-order valence-electron chi connectivity index (χ1n) is 11.6. The topological polar surface area (TPSA) is 114 Å². The first-order valence-corrected chi connectivity index (χ1v) is 16.0. The summed E-state index contributed by atoms with van der Waals surface area (Å²) in [5.41, 5.74) is 1.04. The van der Waals surface area contributed by atoms with Gasteiger partial charge in [0, 0.05) is 32.4 Å². The Morgan fingerprint density at radius 3 is 2.42 bits per heavy atom. The Balaban J connectivity index is 1.62. The van der Waals surface area contributed by atoms with E-state index in [9.17, 15) is 21.6 Å². The molecule has 3 aromatic rings. The molecule has 0 radical (unpaired) electrons. The fraction of sp³-hybridized carbons (Fsp3) is 0.417. The number of hydrogen-bond donors (Lipinski definition) is 0. The van der Waals surface area contributed by atoms with Crippen LogP contribution in [0.3, 0.4) is 0 Å². The number of carbonyl (C=O) groups is 1. The molecule has 1 aromatic heterocycles. The molecule has 1 amide bonds. The zero-order valence-corrected chi connectivity index (χ0v) is 22.7. The normalized spacial score (nSPS) is 15.3. The SMILES string of the molecule is CCS(=O)(=O)c1ccc(CC(=O)N(CCN2CCOCC2)c2nc3c(S(C)(=O)=O)cccc3s2)cc1. The van der Waals surface area contributed by atoms with Gasteiger partial charge in [-0.2, -0.15) is 0 Å². The molecular weight excluding hydrogens is 522 g/mol. The van der Waals surface area contributed by atoms with Crippen LogP contribution in [0.15, 0.2) is 52.3 Å². The van der Waals surface area contributed by atoms with Gasteiger partial charge >= 0.3 is 0 Å². The molecule has 0 spiro atoms. The van der Waals surface area contributed by atoms with E-state index < -0.39 is 19.7 Å². The van der Waals surface area contributed by atoms with Gasteiger partial charge in [-0.1, -0.05) is 36.5 Å². The van der Waals surface area contributed by atoms with E-state index in [1.165, 1.54) is 29.5 Å². The van der Waals surface area contributed by atoms with Crippen molar-refractivity contribution in [1.82, 2.24) is 9.88 Å². The molecule has 1 aliphatic heterocycles. The van der Waals surface area contributed by atoms with Crippen LogP contribution in [0.5, 0.6) is 0 Å². The number of fused-ring (bicyclic) bond motifs is 1. The number of thiazole rings is 1. The zero-order chi connectivity index (χ0) is 25.9. The second-order valence-corrected chi connectivity index (χ2v) is 13.9. The summed E-state index contributed by atoms with van der Waals surface area (Å²) in [5.74, 6) is -0.192. The number of rotatable bonds is 9. The van der Waals surface area contributed by atoms with Crippen molar-refractivity contribution in [2.75, 3.05) is 56.3 Å². The molecule has 0 saturated carbocycles. The van der Waals surface area contributed by atoms with Crippen molar-refractivity contribution in [1.29, 1.82) is 0 Å². The lowest BCUT2D eigenvalue weighted by Gasteiger charge is -2.29. The standard InChI is InChI=1S/C24H29N3O6S3/c1-3-36(31,32)19-9-7-18(8-10-19)17-22(28)27(12-11-26-13-15-33-16-14-26)24-25-23-20(34-24)5-4-6-21(23)35(2,29)30/h4-10H,3,11-17H2,1-2H3. The van der Waals surface area contributed by atoms with Crippen LogP contribution in [0, 0.1) is 0 Å². The highest BCUT2D eigenvalue weighted by molar-refractivity contribution is 7.91. The molecule has 36 heavy (non-hydrogen) atoms. The second-order valence-electron chi connectivity index (χ2n) is 8.60. The lowest BCUT2D eigenvalue weighted by atomic mass is 10.1. The summed E-state index contributed by atoms with van der Waals surface area (Å²) < 4.78 is 54.9. The van der Waals surface area contributed by atoms with Crippen LogP contribution in [-0.4, -0.2) is 84.0 Å². The summed E-state index contributed by atoms with van der Waals surface area (Å²) in [5, 5.41) is 0.435. The van der Waals surface area contributed by atoms with Gasteiger partial charge in [-0.05, 0) is 29.8 Å². The molecule has 194 valence electrons. The summed E-state index contributed by atoms with van der Waals surface area (Å²) in [6.45, 7) is 5.42. The fourth-order valence-electron chi connectivity index (χ4n) is 3.97. The Morgan fingerprint density at radius 1 is 1.08 bits per heavy atom. The van der Waals surface area contributed by atoms with E-state index in [4.69, 9.17) is 4.74 Å². The molecule has 0 N–H and O–H groups in total. The number of hydrogen-bond acceptors (Lipinski definition) is 9. The summed E-state index contributed by atoms with van der Waals surface area (Å²) in [6.07, 6.45) is 1.20. The van der Waals surface area contributed by atoms with Crippen LogP contribution < -0.4 is 4.90 Å². The predicted octanol–water partition coefficient (Wildman–Crippen LogP) is 2.40. The van der Waals surface area contributed by atoms with Crippen LogP contribution in [0.4, 0.5) is 5.13 Å². The van der Waals surface area contributed by atoms with Crippen molar-refractivity contribution in [2.24, 2.45) is 0 Å². The van der Waals surface area contributed by atoms with Crippen molar-refractivity contribution < 1.29 is 26.4 Å². The van der Waals surface area contributed by atoms with E-state index in [-0.39, 0.29) is 27.9 Å². The van der Waals surface area contributed by atoms with Crippen molar-refractivity contribution in [2.45, 2.75) is 23.1 Å². The maximum absolute atomic E-state index is 13.5. The predicted molar refractivity (Wildman–Crippen MR) is 140 cm³/mol. The van der Waals surface area contributed by atoms with E-state index in [0.29, 0.717) is 47.2 Å². The lowest BCUT2D eigenvalue weighted by Crippen LogP contribution is -2.43. The smallest absolute Gasteiger partial charge is 0.233 e. The molecule has 12 heteroatoms. The number of benzene rings is 2. The van der Waals surface area contributed by atoms with Crippen molar-refractivity contribution in [3.8, 4) is 0 Å². The van der Waals surface area contributed by atoms with Gasteiger partial charge in [0.25, 0.3) is 0 Å². The third-order valence-electron chi connectivity index (χ3n) is 6.06. The highest BCUT2D eigenvalue weighted by Gasteiger charge is 2.24. The number of para-hydroxylation sites is 1. The average Bonchev–Trinajstić information content (AvgIpc) is 3.28. The Hall–Kier alpha value is -2.38. The van der Waals surface area contributed by atoms with Crippen LogP contribution in [-0.2, 0) is 35.6 Å². The molecule has 0 bridgehead atoms. The Kier molecular flexibility index (Phi) is 8.10. The number of amides is 1. The van der Waals surface area contributed by atoms with Crippen LogP contribution >= 0.6 is 11.3 Å². The summed E-state index contributed by atoms with van der Waals surface area (Å²) in [6, 6.07) is 11.3. The zero-order valence-electron chi connectivity index (χ0n) is 20.2. The molecular formula is C24H29N3O6S3. The number of morpholine rings is 1. The monoisotopic (exact) mass is 551 g/mol. The highest BCUT2D eigenvalue weighted by Crippen LogP contribution is 2.33. The molecule has 0 atom stereocenters. The first kappa shape index (κ1) is 26.7. The van der Waals surface area contributed by atoms with Crippen molar-refractivity contribution in [3.63, 3.8) is 0 Å². The van der Waals surface area contributed by atoms with Crippen molar-refractivity contribution in [3.05, 3.63) is 48.0 Å². The minimum absolute atomic E-state index is 0.00761. The number of anilines is 1. The van der Waals surface area contributed by atoms with Gasteiger partial charge in [-0.25, -0.2) is 21.8 Å². The maximum atomic E-state index is 13.5. The highest BCUT2D eigenvalue weighted by atomic mass is 32.2. The molecule has 2 heterocycles. The van der Waals surface area contributed by atoms with Gasteiger partial charge in [-0.3, -0.25) is 14.6 Å². The van der Waals surface area contributed by atoms with Gasteiger partial charge < -0.3 is 4.74 Å². The van der Waals surface area contributed by atoms with Crippen LogP contribution in [0.25, 0.3) is 10.2 Å². The van der Waals surface area contributed by atoms with E-state index in [1.807, 2.05) is 0 Å². The second kappa shape index (κ2) is 10.9. The molecule has 1 saturated heterocycles. The number of ether oxygens (including phenoxy) is 1. The molecule has 4 rings (SSSR count). The fourth-order valence-corrected chi connectivity index (χ4v) is 6.79.